The maximum Gasteiger partial charge on any atom is 0.119 e. The molecular formula is C16H23N3O. The van der Waals surface area contributed by atoms with Crippen LogP contribution in [0, 0.1) is 6.92 Å². The molecule has 0 bridgehead atoms. The number of hydrogen-bond donors (Lipinski definition) is 1. The van der Waals surface area contributed by atoms with E-state index in [0.717, 1.165) is 5.75 Å². The van der Waals surface area contributed by atoms with E-state index in [1.165, 1.54) is 11.3 Å². The van der Waals surface area contributed by atoms with Gasteiger partial charge in [0.1, 0.15) is 12.4 Å². The fourth-order valence-electron chi connectivity index (χ4n) is 2.22. The number of nitrogens with one attached hydrogen (secondary N) is 1. The first-order valence-corrected chi connectivity index (χ1v) is 6.99. The lowest BCUT2D eigenvalue weighted by Gasteiger charge is -2.20. The fourth-order valence-corrected chi connectivity index (χ4v) is 2.22. The maximum atomic E-state index is 5.79. The standard InChI is InChI=1S/C16H23N3O/c1-12-5-7-15(8-6-12)20-11-13(2)18-14(3)16-9-10-17-19(16)4/h5-10,13-14,18H,11H2,1-4H3. The highest BCUT2D eigenvalue weighted by molar-refractivity contribution is 5.26. The van der Waals surface area contributed by atoms with Crippen LogP contribution in [-0.4, -0.2) is 22.4 Å². The van der Waals surface area contributed by atoms with Crippen molar-refractivity contribution in [2.24, 2.45) is 7.05 Å². The second-order valence-corrected chi connectivity index (χ2v) is 5.29. The average Bonchev–Trinajstić information content (AvgIpc) is 2.84. The Morgan fingerprint density at radius 2 is 1.90 bits per heavy atom. The summed E-state index contributed by atoms with van der Waals surface area (Å²) in [6.07, 6.45) is 1.82. The molecule has 2 aromatic rings. The molecule has 0 radical (unpaired) electrons. The molecule has 0 amide bonds. The largest absolute Gasteiger partial charge is 0.492 e. The van der Waals surface area contributed by atoms with Crippen LogP contribution in [0.4, 0.5) is 0 Å². The second kappa shape index (κ2) is 6.57. The molecule has 1 heterocycles. The number of nitrogens with zero attached hydrogens (tertiary/aromatic N) is 2. The van der Waals surface area contributed by atoms with E-state index in [1.807, 2.05) is 36.1 Å². The molecule has 108 valence electrons. The molecule has 0 fully saturated rings. The van der Waals surface area contributed by atoms with Gasteiger partial charge in [0.15, 0.2) is 0 Å². The minimum absolute atomic E-state index is 0.249. The number of aryl methyl sites for hydroxylation is 2. The van der Waals surface area contributed by atoms with Crippen LogP contribution in [0.3, 0.4) is 0 Å². The van der Waals surface area contributed by atoms with E-state index >= 15 is 0 Å². The summed E-state index contributed by atoms with van der Waals surface area (Å²) in [5, 5.41) is 7.71. The second-order valence-electron chi connectivity index (χ2n) is 5.29. The van der Waals surface area contributed by atoms with Crippen molar-refractivity contribution in [1.82, 2.24) is 15.1 Å². The third-order valence-electron chi connectivity index (χ3n) is 3.36. The van der Waals surface area contributed by atoms with E-state index in [1.54, 1.807) is 0 Å². The van der Waals surface area contributed by atoms with Gasteiger partial charge in [-0.3, -0.25) is 4.68 Å². The molecule has 0 saturated carbocycles. The Labute approximate surface area is 120 Å². The normalized spacial score (nSPS) is 14.0. The molecule has 4 nitrogen and oxygen atoms in total. The molecule has 1 aromatic heterocycles. The Balaban J connectivity index is 1.82. The molecule has 0 saturated heterocycles. The van der Waals surface area contributed by atoms with Gasteiger partial charge < -0.3 is 10.1 Å². The van der Waals surface area contributed by atoms with Crippen molar-refractivity contribution >= 4 is 0 Å². The van der Waals surface area contributed by atoms with E-state index in [4.69, 9.17) is 4.74 Å². The van der Waals surface area contributed by atoms with Crippen LogP contribution in [0.2, 0.25) is 0 Å². The van der Waals surface area contributed by atoms with Crippen molar-refractivity contribution in [3.05, 3.63) is 47.8 Å². The van der Waals surface area contributed by atoms with Crippen LogP contribution in [0.5, 0.6) is 5.75 Å². The summed E-state index contributed by atoms with van der Waals surface area (Å²) in [4.78, 5) is 0. The number of rotatable bonds is 6. The minimum atomic E-state index is 0.249. The molecule has 20 heavy (non-hydrogen) atoms. The van der Waals surface area contributed by atoms with Gasteiger partial charge in [0.05, 0.1) is 5.69 Å². The van der Waals surface area contributed by atoms with E-state index in [2.05, 4.69) is 43.3 Å². The van der Waals surface area contributed by atoms with Gasteiger partial charge in [0.2, 0.25) is 0 Å². The smallest absolute Gasteiger partial charge is 0.119 e. The molecule has 1 aromatic carbocycles. The first-order valence-electron chi connectivity index (χ1n) is 6.99. The predicted molar refractivity (Wildman–Crippen MR) is 80.9 cm³/mol. The van der Waals surface area contributed by atoms with Crippen LogP contribution in [-0.2, 0) is 7.05 Å². The lowest BCUT2D eigenvalue weighted by molar-refractivity contribution is 0.262. The predicted octanol–water partition coefficient (Wildman–Crippen LogP) is 2.85. The van der Waals surface area contributed by atoms with Gasteiger partial charge in [-0.1, -0.05) is 17.7 Å². The Morgan fingerprint density at radius 1 is 1.20 bits per heavy atom. The summed E-state index contributed by atoms with van der Waals surface area (Å²) < 4.78 is 7.68. The molecule has 2 rings (SSSR count). The number of hydrogen-bond acceptors (Lipinski definition) is 3. The molecule has 2 unspecified atom stereocenters. The Hall–Kier alpha value is -1.81. The van der Waals surface area contributed by atoms with Crippen LogP contribution >= 0.6 is 0 Å². The van der Waals surface area contributed by atoms with Crippen molar-refractivity contribution in [2.75, 3.05) is 6.61 Å². The van der Waals surface area contributed by atoms with E-state index in [9.17, 15) is 0 Å². The Morgan fingerprint density at radius 3 is 2.50 bits per heavy atom. The zero-order valence-electron chi connectivity index (χ0n) is 12.6. The highest BCUT2D eigenvalue weighted by Crippen LogP contribution is 2.13. The lowest BCUT2D eigenvalue weighted by Crippen LogP contribution is -2.34. The summed E-state index contributed by atoms with van der Waals surface area (Å²) in [5.41, 5.74) is 2.42. The molecule has 4 heteroatoms. The third-order valence-corrected chi connectivity index (χ3v) is 3.36. The van der Waals surface area contributed by atoms with Crippen molar-refractivity contribution < 1.29 is 4.74 Å². The van der Waals surface area contributed by atoms with Crippen LogP contribution in [0.25, 0.3) is 0 Å². The van der Waals surface area contributed by atoms with Crippen molar-refractivity contribution in [3.63, 3.8) is 0 Å². The van der Waals surface area contributed by atoms with Crippen molar-refractivity contribution in [3.8, 4) is 5.75 Å². The SMILES string of the molecule is Cc1ccc(OCC(C)NC(C)c2ccnn2C)cc1. The topological polar surface area (TPSA) is 39.1 Å². The summed E-state index contributed by atoms with van der Waals surface area (Å²) in [7, 11) is 1.96. The zero-order chi connectivity index (χ0) is 14.5. The van der Waals surface area contributed by atoms with Crippen molar-refractivity contribution in [1.29, 1.82) is 0 Å². The summed E-state index contributed by atoms with van der Waals surface area (Å²) in [6, 6.07) is 10.7. The van der Waals surface area contributed by atoms with Gasteiger partial charge in [0, 0.05) is 25.3 Å². The maximum absolute atomic E-state index is 5.79. The lowest BCUT2D eigenvalue weighted by atomic mass is 10.2. The van der Waals surface area contributed by atoms with E-state index < -0.39 is 0 Å². The Bertz CT molecular complexity index is 533. The third kappa shape index (κ3) is 3.84. The summed E-state index contributed by atoms with van der Waals surface area (Å²) in [5.74, 6) is 0.914. The molecule has 0 aliphatic rings. The van der Waals surface area contributed by atoms with Gasteiger partial charge >= 0.3 is 0 Å². The van der Waals surface area contributed by atoms with Crippen molar-refractivity contribution in [2.45, 2.75) is 32.9 Å². The van der Waals surface area contributed by atoms with Crippen LogP contribution in [0.15, 0.2) is 36.5 Å². The molecule has 0 aliphatic carbocycles. The van der Waals surface area contributed by atoms with Gasteiger partial charge in [-0.05, 0) is 39.0 Å². The molecule has 0 spiro atoms. The summed E-state index contributed by atoms with van der Waals surface area (Å²) in [6.45, 7) is 6.98. The number of benzene rings is 1. The average molecular weight is 273 g/mol. The van der Waals surface area contributed by atoms with Gasteiger partial charge in [-0.25, -0.2) is 0 Å². The molecule has 2 atom stereocenters. The quantitative estimate of drug-likeness (QED) is 0.879. The van der Waals surface area contributed by atoms with Gasteiger partial charge in [-0.15, -0.1) is 0 Å². The summed E-state index contributed by atoms with van der Waals surface area (Å²) >= 11 is 0. The zero-order valence-corrected chi connectivity index (χ0v) is 12.6. The number of ether oxygens (including phenoxy) is 1. The highest BCUT2D eigenvalue weighted by atomic mass is 16.5. The minimum Gasteiger partial charge on any atom is -0.492 e. The molecular weight excluding hydrogens is 250 g/mol. The first-order chi connectivity index (χ1) is 9.56. The Kier molecular flexibility index (Phi) is 4.79. The monoisotopic (exact) mass is 273 g/mol. The van der Waals surface area contributed by atoms with Crippen LogP contribution < -0.4 is 10.1 Å². The van der Waals surface area contributed by atoms with E-state index in [-0.39, 0.29) is 12.1 Å². The number of aromatic nitrogens is 2. The van der Waals surface area contributed by atoms with Gasteiger partial charge in [-0.2, -0.15) is 5.10 Å². The fraction of sp³-hybridized carbons (Fsp3) is 0.438. The first kappa shape index (κ1) is 14.6. The van der Waals surface area contributed by atoms with Crippen LogP contribution in [0.1, 0.15) is 31.1 Å². The molecule has 1 N–H and O–H groups in total. The highest BCUT2D eigenvalue weighted by Gasteiger charge is 2.12. The van der Waals surface area contributed by atoms with E-state index in [0.29, 0.717) is 6.61 Å². The van der Waals surface area contributed by atoms with Gasteiger partial charge in [0.25, 0.3) is 0 Å². The molecule has 0 aliphatic heterocycles.